The Labute approximate surface area is 328 Å². The zero-order valence-corrected chi connectivity index (χ0v) is 30.7. The first kappa shape index (κ1) is 30.8. The monoisotopic (exact) mass is 726 g/mol. The Kier molecular flexibility index (Phi) is 6.22. The number of anilines is 6. The fourth-order valence-electron chi connectivity index (χ4n) is 9.83. The summed E-state index contributed by atoms with van der Waals surface area (Å²) in [4.78, 5) is 4.90. The van der Waals surface area contributed by atoms with Gasteiger partial charge in [-0.3, -0.25) is 0 Å². The number of para-hydroxylation sites is 4. The maximum absolute atomic E-state index is 6.45. The average molecular weight is 727 g/mol. The van der Waals surface area contributed by atoms with E-state index in [1.165, 1.54) is 49.9 Å². The van der Waals surface area contributed by atoms with E-state index in [-0.39, 0.29) is 6.71 Å². The molecule has 2 aliphatic rings. The zero-order chi connectivity index (χ0) is 37.2. The van der Waals surface area contributed by atoms with Crippen molar-refractivity contribution in [2.24, 2.45) is 0 Å². The molecule has 0 atom stereocenters. The van der Waals surface area contributed by atoms with Crippen molar-refractivity contribution in [1.29, 1.82) is 0 Å². The first-order valence-corrected chi connectivity index (χ1v) is 19.5. The summed E-state index contributed by atoms with van der Waals surface area (Å²) in [6.07, 6.45) is 0. The van der Waals surface area contributed by atoms with Crippen LogP contribution >= 0.6 is 0 Å². The smallest absolute Gasteiger partial charge is 0.252 e. The van der Waals surface area contributed by atoms with Crippen LogP contribution in [0.2, 0.25) is 0 Å². The fourth-order valence-corrected chi connectivity index (χ4v) is 9.83. The van der Waals surface area contributed by atoms with Gasteiger partial charge in [0, 0.05) is 61.2 Å². The summed E-state index contributed by atoms with van der Waals surface area (Å²) in [6.45, 7) is 0.0727. The lowest BCUT2D eigenvalue weighted by molar-refractivity contribution is 0.669. The van der Waals surface area contributed by atoms with Crippen molar-refractivity contribution in [2.45, 2.75) is 0 Å². The molecule has 0 amide bonds. The van der Waals surface area contributed by atoms with E-state index < -0.39 is 0 Å². The van der Waals surface area contributed by atoms with Crippen LogP contribution in [0.25, 0.3) is 65.8 Å². The summed E-state index contributed by atoms with van der Waals surface area (Å²) in [5.74, 6) is 0. The topological polar surface area (TPSA) is 32.8 Å². The molecule has 0 fully saturated rings. The van der Waals surface area contributed by atoms with Crippen LogP contribution in [0.15, 0.2) is 197 Å². The molecule has 0 saturated carbocycles. The van der Waals surface area contributed by atoms with Gasteiger partial charge in [0.25, 0.3) is 6.71 Å². The minimum absolute atomic E-state index is 0.0727. The highest BCUT2D eigenvalue weighted by molar-refractivity contribution is 7.00. The van der Waals surface area contributed by atoms with Crippen LogP contribution in [-0.4, -0.2) is 6.71 Å². The van der Waals surface area contributed by atoms with Gasteiger partial charge in [-0.05, 0) is 99.5 Å². The fraction of sp³-hybridized carbons (Fsp3) is 0. The Hall–Kier alpha value is -7.50. The summed E-state index contributed by atoms with van der Waals surface area (Å²) in [6, 6.07) is 67.8. The van der Waals surface area contributed by atoms with Crippen LogP contribution in [-0.2, 0) is 0 Å². The van der Waals surface area contributed by atoms with E-state index in [1.807, 2.05) is 12.1 Å². The Morgan fingerprint density at radius 2 is 0.982 bits per heavy atom. The molecule has 0 unspecified atom stereocenters. The van der Waals surface area contributed by atoms with Crippen LogP contribution < -0.4 is 26.2 Å². The second kappa shape index (κ2) is 11.5. The Morgan fingerprint density at radius 1 is 0.386 bits per heavy atom. The van der Waals surface area contributed by atoms with Crippen molar-refractivity contribution in [3.05, 3.63) is 188 Å². The third-order valence-corrected chi connectivity index (χ3v) is 12.3. The number of nitrogens with zero attached hydrogens (tertiary/aromatic N) is 2. The maximum atomic E-state index is 6.45. The quantitative estimate of drug-likeness (QED) is 0.170. The molecule has 264 valence electrons. The number of rotatable bonds is 3. The average Bonchev–Trinajstić information content (AvgIpc) is 3.85. The Morgan fingerprint density at radius 3 is 1.79 bits per heavy atom. The van der Waals surface area contributed by atoms with E-state index in [9.17, 15) is 0 Å². The molecule has 0 saturated heterocycles. The van der Waals surface area contributed by atoms with Crippen LogP contribution in [0.5, 0.6) is 0 Å². The van der Waals surface area contributed by atoms with Gasteiger partial charge in [-0.1, -0.05) is 121 Å². The third-order valence-electron chi connectivity index (χ3n) is 12.3. The second-order valence-corrected chi connectivity index (χ2v) is 15.2. The van der Waals surface area contributed by atoms with Crippen molar-refractivity contribution < 1.29 is 8.83 Å². The van der Waals surface area contributed by atoms with Crippen molar-refractivity contribution in [2.75, 3.05) is 9.80 Å². The van der Waals surface area contributed by atoms with Crippen LogP contribution in [0.4, 0.5) is 34.1 Å². The van der Waals surface area contributed by atoms with E-state index in [0.29, 0.717) is 0 Å². The van der Waals surface area contributed by atoms with Crippen molar-refractivity contribution >= 4 is 112 Å². The summed E-state index contributed by atoms with van der Waals surface area (Å²) in [5.41, 5.74) is 16.7. The summed E-state index contributed by atoms with van der Waals surface area (Å²) in [7, 11) is 0. The predicted molar refractivity (Wildman–Crippen MR) is 238 cm³/mol. The van der Waals surface area contributed by atoms with Gasteiger partial charge in [-0.25, -0.2) is 0 Å². The molecular weight excluding hydrogens is 695 g/mol. The van der Waals surface area contributed by atoms with E-state index in [0.717, 1.165) is 66.4 Å². The van der Waals surface area contributed by atoms with Crippen LogP contribution in [0.1, 0.15) is 0 Å². The highest BCUT2D eigenvalue weighted by Crippen LogP contribution is 2.46. The largest absolute Gasteiger partial charge is 0.456 e. The van der Waals surface area contributed by atoms with Gasteiger partial charge in [-0.15, -0.1) is 0 Å². The van der Waals surface area contributed by atoms with Crippen molar-refractivity contribution in [3.63, 3.8) is 0 Å². The second-order valence-electron chi connectivity index (χ2n) is 15.2. The van der Waals surface area contributed by atoms with Gasteiger partial charge in [0.1, 0.15) is 22.3 Å². The number of benzene rings is 9. The van der Waals surface area contributed by atoms with E-state index in [4.69, 9.17) is 8.83 Å². The molecular formula is C52H31BN2O2. The lowest BCUT2D eigenvalue weighted by atomic mass is 9.33. The molecule has 0 spiro atoms. The van der Waals surface area contributed by atoms with Crippen molar-refractivity contribution in [1.82, 2.24) is 0 Å². The summed E-state index contributed by atoms with van der Waals surface area (Å²) < 4.78 is 12.9. The predicted octanol–water partition coefficient (Wildman–Crippen LogP) is 12.4. The number of hydrogen-bond acceptors (Lipinski definition) is 4. The number of furan rings is 2. The lowest BCUT2D eigenvalue weighted by Gasteiger charge is -2.44. The molecule has 11 aromatic rings. The molecule has 5 heteroatoms. The summed E-state index contributed by atoms with van der Waals surface area (Å²) in [5, 5.41) is 6.96. The number of fused-ring (bicyclic) bond motifs is 12. The van der Waals surface area contributed by atoms with Gasteiger partial charge in [0.05, 0.1) is 0 Å². The molecule has 0 N–H and O–H groups in total. The molecule has 57 heavy (non-hydrogen) atoms. The molecule has 2 aromatic heterocycles. The lowest BCUT2D eigenvalue weighted by Crippen LogP contribution is -2.61. The van der Waals surface area contributed by atoms with Crippen molar-refractivity contribution in [3.8, 4) is 11.1 Å². The molecule has 0 aliphatic carbocycles. The van der Waals surface area contributed by atoms with Crippen LogP contribution in [0, 0.1) is 0 Å². The molecule has 4 nitrogen and oxygen atoms in total. The number of hydrogen-bond donors (Lipinski definition) is 0. The molecule has 9 aromatic carbocycles. The highest BCUT2D eigenvalue weighted by Gasteiger charge is 2.42. The van der Waals surface area contributed by atoms with Gasteiger partial charge in [0.15, 0.2) is 0 Å². The molecule has 4 heterocycles. The first-order chi connectivity index (χ1) is 28.3. The molecule has 13 rings (SSSR count). The first-order valence-electron chi connectivity index (χ1n) is 19.5. The minimum Gasteiger partial charge on any atom is -0.456 e. The molecule has 0 radical (unpaired) electrons. The van der Waals surface area contributed by atoms with Gasteiger partial charge < -0.3 is 18.6 Å². The van der Waals surface area contributed by atoms with Crippen LogP contribution in [0.3, 0.4) is 0 Å². The highest BCUT2D eigenvalue weighted by atomic mass is 16.3. The SMILES string of the molecule is c1ccc2c(c1)B1c3ccccc3N(c3ccc4oc5ccc6ccccc6c5c4c3)c3cccc(c31)N2c1ccc(-c2cccc3c2oc2ccccc23)cc1. The van der Waals surface area contributed by atoms with Gasteiger partial charge >= 0.3 is 0 Å². The molecule has 2 aliphatic heterocycles. The Balaban J connectivity index is 0.995. The van der Waals surface area contributed by atoms with E-state index in [1.54, 1.807) is 0 Å². The Bertz CT molecular complexity index is 3450. The standard InChI is InChI=1S/C52H31BN2O2/c1-2-12-36-32(11-1)25-29-49-50(36)40-31-35(28-30-48(40)56-49)55-44-19-7-5-17-42(44)53-41-16-4-6-18-43(41)54(45-20-10-21-46(55)51(45)53)34-26-23-33(24-27-34)37-14-9-15-39-38-13-3-8-22-47(38)57-52(37)39/h1-31H. The molecule has 0 bridgehead atoms. The summed E-state index contributed by atoms with van der Waals surface area (Å²) >= 11 is 0. The maximum Gasteiger partial charge on any atom is 0.252 e. The van der Waals surface area contributed by atoms with Gasteiger partial charge in [0.2, 0.25) is 0 Å². The normalized spacial score (nSPS) is 13.2. The van der Waals surface area contributed by atoms with Gasteiger partial charge in [-0.2, -0.15) is 0 Å². The van der Waals surface area contributed by atoms with E-state index >= 15 is 0 Å². The minimum atomic E-state index is 0.0727. The third kappa shape index (κ3) is 4.28. The van der Waals surface area contributed by atoms with E-state index in [2.05, 4.69) is 186 Å². The zero-order valence-electron chi connectivity index (χ0n) is 30.7.